The third kappa shape index (κ3) is 4.57. The van der Waals surface area contributed by atoms with E-state index in [1.54, 1.807) is 5.70 Å². The number of hydrogen-bond donors (Lipinski definition) is 0. The van der Waals surface area contributed by atoms with E-state index in [9.17, 15) is 0 Å². The summed E-state index contributed by atoms with van der Waals surface area (Å²) in [4.78, 5) is 0. The SMILES string of the molecule is C=C[Si](OCC)(OCC)OC(C)C. The second-order valence-electron chi connectivity index (χ2n) is 2.84. The highest BCUT2D eigenvalue weighted by molar-refractivity contribution is 6.66. The fourth-order valence-corrected chi connectivity index (χ4v) is 3.02. The predicted octanol–water partition coefficient (Wildman–Crippen LogP) is 2.15. The second kappa shape index (κ2) is 6.31. The van der Waals surface area contributed by atoms with Gasteiger partial charge in [-0.2, -0.15) is 0 Å². The third-order valence-electron chi connectivity index (χ3n) is 1.34. The van der Waals surface area contributed by atoms with Gasteiger partial charge in [-0.25, -0.2) is 0 Å². The molecule has 0 heterocycles. The first-order valence-corrected chi connectivity index (χ1v) is 6.49. The Morgan fingerprint density at radius 1 is 1.23 bits per heavy atom. The van der Waals surface area contributed by atoms with E-state index >= 15 is 0 Å². The molecule has 78 valence electrons. The zero-order chi connectivity index (χ0) is 10.3. The van der Waals surface area contributed by atoms with Gasteiger partial charge < -0.3 is 13.3 Å². The molecular formula is C9H20O3Si. The molecule has 0 saturated heterocycles. The highest BCUT2D eigenvalue weighted by Crippen LogP contribution is 2.13. The van der Waals surface area contributed by atoms with E-state index in [0.717, 1.165) is 0 Å². The maximum absolute atomic E-state index is 5.64. The van der Waals surface area contributed by atoms with Crippen molar-refractivity contribution in [1.29, 1.82) is 0 Å². The molecule has 0 aromatic heterocycles. The van der Waals surface area contributed by atoms with E-state index < -0.39 is 8.80 Å². The summed E-state index contributed by atoms with van der Waals surface area (Å²) in [7, 11) is -2.57. The van der Waals surface area contributed by atoms with Crippen LogP contribution in [0.5, 0.6) is 0 Å². The fraction of sp³-hybridized carbons (Fsp3) is 0.778. The van der Waals surface area contributed by atoms with Crippen molar-refractivity contribution in [1.82, 2.24) is 0 Å². The standard InChI is InChI=1S/C9H20O3Si/c1-6-10-13(8-3,11-7-2)12-9(4)5/h8-9H,3,6-7H2,1-2,4-5H3. The van der Waals surface area contributed by atoms with Crippen molar-refractivity contribution in [3.05, 3.63) is 12.3 Å². The smallest absolute Gasteiger partial charge is 0.371 e. The lowest BCUT2D eigenvalue weighted by Crippen LogP contribution is -2.46. The highest BCUT2D eigenvalue weighted by Gasteiger charge is 2.38. The van der Waals surface area contributed by atoms with Gasteiger partial charge in [0.15, 0.2) is 0 Å². The van der Waals surface area contributed by atoms with E-state index in [0.29, 0.717) is 13.2 Å². The van der Waals surface area contributed by atoms with Crippen LogP contribution >= 0.6 is 0 Å². The largest absolute Gasteiger partial charge is 0.529 e. The van der Waals surface area contributed by atoms with Crippen LogP contribution in [0.4, 0.5) is 0 Å². The molecule has 0 unspecified atom stereocenters. The summed E-state index contributed by atoms with van der Waals surface area (Å²) in [6.07, 6.45) is 0.0998. The van der Waals surface area contributed by atoms with Crippen molar-refractivity contribution >= 4 is 8.80 Å². The molecule has 0 rings (SSSR count). The van der Waals surface area contributed by atoms with E-state index in [1.807, 2.05) is 27.7 Å². The molecular weight excluding hydrogens is 184 g/mol. The van der Waals surface area contributed by atoms with Gasteiger partial charge >= 0.3 is 8.80 Å². The minimum atomic E-state index is -2.57. The molecule has 0 bridgehead atoms. The lowest BCUT2D eigenvalue weighted by atomic mass is 10.5. The Hall–Kier alpha value is -0.163. The van der Waals surface area contributed by atoms with Gasteiger partial charge in [0.2, 0.25) is 0 Å². The maximum Gasteiger partial charge on any atom is 0.529 e. The Morgan fingerprint density at radius 3 is 1.92 bits per heavy atom. The summed E-state index contributed by atoms with van der Waals surface area (Å²) in [6, 6.07) is 0. The normalized spacial score (nSPS) is 12.1. The van der Waals surface area contributed by atoms with Crippen molar-refractivity contribution in [3.8, 4) is 0 Å². The van der Waals surface area contributed by atoms with Crippen molar-refractivity contribution < 1.29 is 13.3 Å². The summed E-state index contributed by atoms with van der Waals surface area (Å²) in [5.74, 6) is 0. The van der Waals surface area contributed by atoms with Gasteiger partial charge in [-0.15, -0.1) is 0 Å². The fourth-order valence-electron chi connectivity index (χ4n) is 1.01. The van der Waals surface area contributed by atoms with Crippen LogP contribution in [0.25, 0.3) is 0 Å². The summed E-state index contributed by atoms with van der Waals surface area (Å²) < 4.78 is 16.7. The lowest BCUT2D eigenvalue weighted by molar-refractivity contribution is 0.0562. The van der Waals surface area contributed by atoms with Gasteiger partial charge in [-0.05, 0) is 33.4 Å². The van der Waals surface area contributed by atoms with Gasteiger partial charge in [0.25, 0.3) is 0 Å². The van der Waals surface area contributed by atoms with Crippen LogP contribution < -0.4 is 0 Å². The first-order chi connectivity index (χ1) is 6.10. The van der Waals surface area contributed by atoms with E-state index in [4.69, 9.17) is 13.3 Å². The van der Waals surface area contributed by atoms with E-state index in [1.165, 1.54) is 0 Å². The first-order valence-electron chi connectivity index (χ1n) is 4.69. The monoisotopic (exact) mass is 204 g/mol. The van der Waals surface area contributed by atoms with Gasteiger partial charge in [-0.3, -0.25) is 0 Å². The Labute approximate surface area is 82.1 Å². The van der Waals surface area contributed by atoms with Crippen molar-refractivity contribution in [2.24, 2.45) is 0 Å². The highest BCUT2D eigenvalue weighted by atomic mass is 28.4. The summed E-state index contributed by atoms with van der Waals surface area (Å²) in [5, 5.41) is 0. The zero-order valence-electron chi connectivity index (χ0n) is 9.00. The molecule has 0 aliphatic heterocycles. The van der Waals surface area contributed by atoms with Gasteiger partial charge in [0.05, 0.1) is 0 Å². The molecule has 0 spiro atoms. The predicted molar refractivity (Wildman–Crippen MR) is 55.4 cm³/mol. The Balaban J connectivity index is 4.33. The van der Waals surface area contributed by atoms with Gasteiger partial charge in [0, 0.05) is 19.3 Å². The molecule has 0 aromatic rings. The topological polar surface area (TPSA) is 27.7 Å². The summed E-state index contributed by atoms with van der Waals surface area (Å²) >= 11 is 0. The molecule has 0 aliphatic rings. The minimum Gasteiger partial charge on any atom is -0.371 e. The van der Waals surface area contributed by atoms with Gasteiger partial charge in [0.1, 0.15) is 0 Å². The molecule has 0 N–H and O–H groups in total. The Kier molecular flexibility index (Phi) is 6.24. The molecule has 0 aromatic carbocycles. The molecule has 0 fully saturated rings. The van der Waals surface area contributed by atoms with E-state index in [-0.39, 0.29) is 6.10 Å². The third-order valence-corrected chi connectivity index (χ3v) is 4.02. The van der Waals surface area contributed by atoms with Crippen LogP contribution in [0, 0.1) is 0 Å². The van der Waals surface area contributed by atoms with Crippen LogP contribution in [-0.4, -0.2) is 28.1 Å². The Bertz CT molecular complexity index is 142. The van der Waals surface area contributed by atoms with Crippen LogP contribution in [0.3, 0.4) is 0 Å². The molecule has 13 heavy (non-hydrogen) atoms. The summed E-state index contributed by atoms with van der Waals surface area (Å²) in [6.45, 7) is 12.7. The minimum absolute atomic E-state index is 0.0998. The molecule has 0 saturated carbocycles. The molecule has 0 atom stereocenters. The lowest BCUT2D eigenvalue weighted by Gasteiger charge is -2.27. The van der Waals surface area contributed by atoms with Crippen LogP contribution in [0.15, 0.2) is 12.3 Å². The maximum atomic E-state index is 5.64. The van der Waals surface area contributed by atoms with Crippen LogP contribution in [-0.2, 0) is 13.3 Å². The summed E-state index contributed by atoms with van der Waals surface area (Å²) in [5.41, 5.74) is 1.68. The zero-order valence-corrected chi connectivity index (χ0v) is 10.0. The molecule has 4 heteroatoms. The van der Waals surface area contributed by atoms with Crippen molar-refractivity contribution in [3.63, 3.8) is 0 Å². The van der Waals surface area contributed by atoms with Crippen LogP contribution in [0.1, 0.15) is 27.7 Å². The molecule has 0 radical (unpaired) electrons. The van der Waals surface area contributed by atoms with Gasteiger partial charge in [-0.1, -0.05) is 6.58 Å². The first kappa shape index (κ1) is 12.8. The average Bonchev–Trinajstić information content (AvgIpc) is 2.04. The quantitative estimate of drug-likeness (QED) is 0.595. The Morgan fingerprint density at radius 2 is 1.69 bits per heavy atom. The van der Waals surface area contributed by atoms with Crippen molar-refractivity contribution in [2.75, 3.05) is 13.2 Å². The number of hydrogen-bond acceptors (Lipinski definition) is 3. The molecule has 3 nitrogen and oxygen atoms in total. The average molecular weight is 204 g/mol. The van der Waals surface area contributed by atoms with Crippen molar-refractivity contribution in [2.45, 2.75) is 33.8 Å². The second-order valence-corrected chi connectivity index (χ2v) is 5.27. The van der Waals surface area contributed by atoms with Crippen LogP contribution in [0.2, 0.25) is 0 Å². The molecule has 0 aliphatic carbocycles. The van der Waals surface area contributed by atoms with E-state index in [2.05, 4.69) is 6.58 Å². The number of rotatable bonds is 7. The molecule has 0 amide bonds.